The Kier molecular flexibility index (Phi) is 6.57. The van der Waals surface area contributed by atoms with Crippen molar-refractivity contribution in [2.24, 2.45) is 0 Å². The van der Waals surface area contributed by atoms with Crippen LogP contribution in [0, 0.1) is 10.1 Å². The number of nitrogens with one attached hydrogen (secondary N) is 1. The topological polar surface area (TPSA) is 93.3 Å². The van der Waals surface area contributed by atoms with Gasteiger partial charge in [0, 0.05) is 19.1 Å². The average molecular weight is 318 g/mol. The van der Waals surface area contributed by atoms with E-state index in [1.807, 2.05) is 11.8 Å². The lowest BCUT2D eigenvalue weighted by molar-refractivity contribution is -0.389. The Morgan fingerprint density at radius 1 is 1.67 bits per heavy atom. The highest BCUT2D eigenvalue weighted by molar-refractivity contribution is 5.85. The van der Waals surface area contributed by atoms with Gasteiger partial charge in [-0.1, -0.05) is 6.92 Å². The molecule has 1 unspecified atom stereocenters. The van der Waals surface area contributed by atoms with Gasteiger partial charge in [0.1, 0.15) is 6.54 Å². The molecule has 1 aromatic rings. The van der Waals surface area contributed by atoms with Gasteiger partial charge < -0.3 is 20.3 Å². The highest BCUT2D eigenvalue weighted by Gasteiger charge is 2.26. The number of rotatable bonds is 6. The molecule has 2 rings (SSSR count). The van der Waals surface area contributed by atoms with Crippen LogP contribution in [-0.2, 0) is 11.3 Å². The van der Waals surface area contributed by atoms with Gasteiger partial charge in [-0.25, -0.2) is 0 Å². The lowest BCUT2D eigenvalue weighted by atomic mass is 10.2. The molecule has 1 saturated heterocycles. The predicted octanol–water partition coefficient (Wildman–Crippen LogP) is 0.814. The van der Waals surface area contributed by atoms with Crippen LogP contribution in [0.5, 0.6) is 0 Å². The van der Waals surface area contributed by atoms with Gasteiger partial charge in [0.15, 0.2) is 0 Å². The maximum Gasteiger partial charge on any atom is 0.389 e. The summed E-state index contributed by atoms with van der Waals surface area (Å²) in [4.78, 5) is 24.2. The zero-order chi connectivity index (χ0) is 14.5. The van der Waals surface area contributed by atoms with Crippen LogP contribution in [0.2, 0.25) is 0 Å². The summed E-state index contributed by atoms with van der Waals surface area (Å²) in [5, 5.41) is 17.6. The molecule has 1 aromatic heterocycles. The third-order valence-electron chi connectivity index (χ3n) is 3.37. The van der Waals surface area contributed by atoms with Gasteiger partial charge >= 0.3 is 5.82 Å². The number of carbonyl (C=O) groups is 1. The minimum absolute atomic E-state index is 0. The molecule has 0 bridgehead atoms. The predicted molar refractivity (Wildman–Crippen MR) is 79.4 cm³/mol. The fourth-order valence-electron chi connectivity index (χ4n) is 2.42. The molecule has 8 nitrogen and oxygen atoms in total. The van der Waals surface area contributed by atoms with Gasteiger partial charge in [-0.3, -0.25) is 4.79 Å². The Balaban J connectivity index is 0.00000220. The molecule has 1 N–H and O–H groups in total. The summed E-state index contributed by atoms with van der Waals surface area (Å²) in [6.45, 7) is 4.51. The number of halogens is 1. The number of carbonyl (C=O) groups excluding carboxylic acids is 1. The molecule has 0 radical (unpaired) electrons. The van der Waals surface area contributed by atoms with Gasteiger partial charge in [0.25, 0.3) is 0 Å². The van der Waals surface area contributed by atoms with E-state index in [0.717, 1.165) is 25.9 Å². The molecule has 0 aliphatic carbocycles. The van der Waals surface area contributed by atoms with Crippen molar-refractivity contribution in [2.75, 3.05) is 19.6 Å². The first-order valence-electron chi connectivity index (χ1n) is 6.80. The van der Waals surface area contributed by atoms with Crippen molar-refractivity contribution in [3.05, 3.63) is 22.4 Å². The first-order chi connectivity index (χ1) is 9.61. The Bertz CT molecular complexity index is 487. The number of aromatic nitrogens is 2. The second kappa shape index (κ2) is 7.94. The summed E-state index contributed by atoms with van der Waals surface area (Å²) < 4.78 is 1.32. The highest BCUT2D eigenvalue weighted by Crippen LogP contribution is 2.11. The molecular formula is C12H20ClN5O3. The van der Waals surface area contributed by atoms with Crippen molar-refractivity contribution in [3.8, 4) is 0 Å². The highest BCUT2D eigenvalue weighted by atomic mass is 35.5. The summed E-state index contributed by atoms with van der Waals surface area (Å²) in [5.41, 5.74) is 0. The maximum absolute atomic E-state index is 12.3. The molecule has 118 valence electrons. The Labute approximate surface area is 129 Å². The second-order valence-corrected chi connectivity index (χ2v) is 4.86. The van der Waals surface area contributed by atoms with E-state index in [-0.39, 0.29) is 36.7 Å². The molecule has 1 amide bonds. The van der Waals surface area contributed by atoms with Crippen molar-refractivity contribution in [1.29, 1.82) is 0 Å². The van der Waals surface area contributed by atoms with Gasteiger partial charge in [0.2, 0.25) is 5.91 Å². The molecule has 21 heavy (non-hydrogen) atoms. The van der Waals surface area contributed by atoms with E-state index >= 15 is 0 Å². The second-order valence-electron chi connectivity index (χ2n) is 4.86. The maximum atomic E-state index is 12.3. The van der Waals surface area contributed by atoms with Gasteiger partial charge in [0.05, 0.1) is 17.4 Å². The number of hydrogen-bond acceptors (Lipinski definition) is 5. The molecule has 1 atom stereocenters. The first kappa shape index (κ1) is 17.4. The van der Waals surface area contributed by atoms with E-state index in [1.165, 1.54) is 16.9 Å². The Morgan fingerprint density at radius 3 is 2.95 bits per heavy atom. The lowest BCUT2D eigenvalue weighted by Crippen LogP contribution is -2.43. The van der Waals surface area contributed by atoms with Crippen molar-refractivity contribution in [3.63, 3.8) is 0 Å². The summed E-state index contributed by atoms with van der Waals surface area (Å²) in [5.74, 6) is -0.277. The number of nitro groups is 1. The largest absolute Gasteiger partial charge is 0.389 e. The van der Waals surface area contributed by atoms with Crippen molar-refractivity contribution < 1.29 is 9.72 Å². The molecule has 1 aliphatic heterocycles. The van der Waals surface area contributed by atoms with E-state index in [1.54, 1.807) is 0 Å². The van der Waals surface area contributed by atoms with Crippen molar-refractivity contribution in [1.82, 2.24) is 20.0 Å². The van der Waals surface area contributed by atoms with Crippen molar-refractivity contribution >= 4 is 24.1 Å². The SMILES string of the molecule is CCCN(C(=O)Cn1ccc([N+](=O)[O-])n1)C1CCNC1.Cl. The van der Waals surface area contributed by atoms with Gasteiger partial charge in [-0.2, -0.15) is 4.68 Å². The molecule has 2 heterocycles. The third kappa shape index (κ3) is 4.40. The van der Waals surface area contributed by atoms with Crippen molar-refractivity contribution in [2.45, 2.75) is 32.4 Å². The van der Waals surface area contributed by atoms with Crippen LogP contribution in [0.4, 0.5) is 5.82 Å². The number of amides is 1. The quantitative estimate of drug-likeness (QED) is 0.619. The molecule has 1 aliphatic rings. The molecular weight excluding hydrogens is 298 g/mol. The summed E-state index contributed by atoms with van der Waals surface area (Å²) >= 11 is 0. The van der Waals surface area contributed by atoms with E-state index in [2.05, 4.69) is 10.4 Å². The first-order valence-corrected chi connectivity index (χ1v) is 6.80. The standard InChI is InChI=1S/C12H19N5O3.ClH/c1-2-6-16(10-3-5-13-8-10)12(18)9-15-7-4-11(14-15)17(19)20;/h4,7,10,13H,2-3,5-6,8-9H2,1H3;1H. The average Bonchev–Trinajstić information content (AvgIpc) is 3.06. The zero-order valence-corrected chi connectivity index (χ0v) is 12.7. The van der Waals surface area contributed by atoms with E-state index in [4.69, 9.17) is 0 Å². The van der Waals surface area contributed by atoms with Crippen LogP contribution in [0.3, 0.4) is 0 Å². The molecule has 0 spiro atoms. The molecule has 1 fully saturated rings. The van der Waals surface area contributed by atoms with E-state index in [9.17, 15) is 14.9 Å². The van der Waals surface area contributed by atoms with Crippen LogP contribution in [-0.4, -0.2) is 51.2 Å². The molecule has 9 heteroatoms. The Hall–Kier alpha value is -1.67. The zero-order valence-electron chi connectivity index (χ0n) is 11.9. The fraction of sp³-hybridized carbons (Fsp3) is 0.667. The van der Waals surface area contributed by atoms with E-state index in [0.29, 0.717) is 6.54 Å². The van der Waals surface area contributed by atoms with E-state index < -0.39 is 4.92 Å². The number of hydrogen-bond donors (Lipinski definition) is 1. The minimum atomic E-state index is -0.564. The normalized spacial score (nSPS) is 17.3. The third-order valence-corrected chi connectivity index (χ3v) is 3.37. The van der Waals surface area contributed by atoms with Gasteiger partial charge in [-0.05, 0) is 24.3 Å². The van der Waals surface area contributed by atoms with Crippen LogP contribution in [0.1, 0.15) is 19.8 Å². The summed E-state index contributed by atoms with van der Waals surface area (Å²) in [6.07, 6.45) is 3.31. The summed E-state index contributed by atoms with van der Waals surface area (Å²) in [7, 11) is 0. The van der Waals surface area contributed by atoms with Gasteiger partial charge in [-0.15, -0.1) is 12.4 Å². The summed E-state index contributed by atoms with van der Waals surface area (Å²) in [6, 6.07) is 1.52. The Morgan fingerprint density at radius 2 is 2.43 bits per heavy atom. The molecule has 0 aromatic carbocycles. The monoisotopic (exact) mass is 317 g/mol. The smallest absolute Gasteiger partial charge is 0.358 e. The van der Waals surface area contributed by atoms with Crippen LogP contribution >= 0.6 is 12.4 Å². The lowest BCUT2D eigenvalue weighted by Gasteiger charge is -2.27. The molecule has 0 saturated carbocycles. The van der Waals surface area contributed by atoms with Crippen LogP contribution < -0.4 is 5.32 Å². The van der Waals surface area contributed by atoms with Crippen LogP contribution in [0.15, 0.2) is 12.3 Å². The minimum Gasteiger partial charge on any atom is -0.358 e. The fourth-order valence-corrected chi connectivity index (χ4v) is 2.42. The number of nitrogens with zero attached hydrogens (tertiary/aromatic N) is 4. The van der Waals surface area contributed by atoms with Crippen LogP contribution in [0.25, 0.3) is 0 Å².